The van der Waals surface area contributed by atoms with Crippen molar-refractivity contribution in [3.8, 4) is 11.4 Å². The maximum atomic E-state index is 5.99. The summed E-state index contributed by atoms with van der Waals surface area (Å²) in [4.78, 5) is 0. The van der Waals surface area contributed by atoms with Crippen LogP contribution >= 0.6 is 0 Å². The van der Waals surface area contributed by atoms with E-state index in [2.05, 4.69) is 29.4 Å². The van der Waals surface area contributed by atoms with Gasteiger partial charge in [0.15, 0.2) is 5.82 Å². The zero-order valence-electron chi connectivity index (χ0n) is 13.0. The Bertz CT molecular complexity index is 547. The number of para-hydroxylation sites is 1. The van der Waals surface area contributed by atoms with Crippen LogP contribution in [0.4, 0.5) is 5.69 Å². The lowest BCUT2D eigenvalue weighted by atomic mass is 10.0. The van der Waals surface area contributed by atoms with Crippen molar-refractivity contribution in [2.75, 3.05) is 5.73 Å². The second-order valence-corrected chi connectivity index (χ2v) is 5.91. The van der Waals surface area contributed by atoms with Crippen molar-refractivity contribution >= 4 is 5.69 Å². The summed E-state index contributed by atoms with van der Waals surface area (Å²) in [6.07, 6.45) is 6.23. The van der Waals surface area contributed by atoms with Crippen LogP contribution in [0.25, 0.3) is 11.4 Å². The van der Waals surface area contributed by atoms with E-state index in [4.69, 9.17) is 5.73 Å². The fourth-order valence-corrected chi connectivity index (χ4v) is 2.42. The Balaban J connectivity index is 1.86. The van der Waals surface area contributed by atoms with Crippen LogP contribution in [0.5, 0.6) is 0 Å². The Morgan fingerprint density at radius 3 is 2.62 bits per heavy atom. The van der Waals surface area contributed by atoms with Gasteiger partial charge in [-0.2, -0.15) is 0 Å². The minimum atomic E-state index is 0.713. The molecule has 5 nitrogen and oxygen atoms in total. The molecule has 2 rings (SSSR count). The van der Waals surface area contributed by atoms with E-state index in [1.807, 2.05) is 28.9 Å². The van der Waals surface area contributed by atoms with Gasteiger partial charge < -0.3 is 5.73 Å². The molecule has 1 aromatic carbocycles. The van der Waals surface area contributed by atoms with Gasteiger partial charge in [0.25, 0.3) is 0 Å². The van der Waals surface area contributed by atoms with E-state index >= 15 is 0 Å². The SMILES string of the molecule is CC(C)CCCCCCn1nnnc1-c1ccccc1N. The van der Waals surface area contributed by atoms with Gasteiger partial charge in [0.05, 0.1) is 0 Å². The number of nitrogens with zero attached hydrogens (tertiary/aromatic N) is 4. The van der Waals surface area contributed by atoms with Gasteiger partial charge in [-0.1, -0.05) is 51.7 Å². The van der Waals surface area contributed by atoms with Crippen molar-refractivity contribution in [2.45, 2.75) is 52.5 Å². The smallest absolute Gasteiger partial charge is 0.184 e. The minimum absolute atomic E-state index is 0.713. The van der Waals surface area contributed by atoms with Crippen molar-refractivity contribution in [3.05, 3.63) is 24.3 Å². The van der Waals surface area contributed by atoms with E-state index in [0.29, 0.717) is 5.69 Å². The topological polar surface area (TPSA) is 69.6 Å². The number of benzene rings is 1. The third kappa shape index (κ3) is 4.55. The third-order valence-electron chi connectivity index (χ3n) is 3.63. The van der Waals surface area contributed by atoms with Crippen molar-refractivity contribution in [2.24, 2.45) is 5.92 Å². The average Bonchev–Trinajstić information content (AvgIpc) is 2.91. The number of rotatable bonds is 8. The van der Waals surface area contributed by atoms with E-state index in [1.165, 1.54) is 25.7 Å². The summed E-state index contributed by atoms with van der Waals surface area (Å²) in [6, 6.07) is 7.71. The van der Waals surface area contributed by atoms with E-state index in [0.717, 1.165) is 30.3 Å². The van der Waals surface area contributed by atoms with Crippen LogP contribution in [0.15, 0.2) is 24.3 Å². The number of hydrogen-bond donors (Lipinski definition) is 1. The molecule has 0 radical (unpaired) electrons. The number of aryl methyl sites for hydroxylation is 1. The maximum absolute atomic E-state index is 5.99. The highest BCUT2D eigenvalue weighted by Gasteiger charge is 2.10. The van der Waals surface area contributed by atoms with Crippen molar-refractivity contribution in [1.29, 1.82) is 0 Å². The minimum Gasteiger partial charge on any atom is -0.398 e. The monoisotopic (exact) mass is 287 g/mol. The first kappa shape index (κ1) is 15.5. The first-order chi connectivity index (χ1) is 10.2. The number of hydrogen-bond acceptors (Lipinski definition) is 4. The molecule has 21 heavy (non-hydrogen) atoms. The van der Waals surface area contributed by atoms with Crippen molar-refractivity contribution in [1.82, 2.24) is 20.2 Å². The second kappa shape index (κ2) is 7.76. The summed E-state index contributed by atoms with van der Waals surface area (Å²) in [6.45, 7) is 5.40. The molecule has 0 aliphatic rings. The molecule has 0 saturated carbocycles. The molecule has 1 heterocycles. The lowest BCUT2D eigenvalue weighted by Crippen LogP contribution is -2.04. The van der Waals surface area contributed by atoms with E-state index in [1.54, 1.807) is 0 Å². The number of aromatic nitrogens is 4. The van der Waals surface area contributed by atoms with E-state index in [9.17, 15) is 0 Å². The summed E-state index contributed by atoms with van der Waals surface area (Å²) < 4.78 is 1.86. The zero-order chi connectivity index (χ0) is 15.1. The van der Waals surface area contributed by atoms with Gasteiger partial charge in [0.1, 0.15) is 0 Å². The molecule has 0 bridgehead atoms. The molecule has 0 saturated heterocycles. The molecular formula is C16H25N5. The van der Waals surface area contributed by atoms with Crippen LogP contribution in [0, 0.1) is 5.92 Å². The lowest BCUT2D eigenvalue weighted by molar-refractivity contribution is 0.491. The Morgan fingerprint density at radius 1 is 1.10 bits per heavy atom. The van der Waals surface area contributed by atoms with Gasteiger partial charge in [0.2, 0.25) is 0 Å². The summed E-state index contributed by atoms with van der Waals surface area (Å²) in [7, 11) is 0. The summed E-state index contributed by atoms with van der Waals surface area (Å²) in [5, 5.41) is 12.0. The molecule has 0 aliphatic heterocycles. The molecular weight excluding hydrogens is 262 g/mol. The van der Waals surface area contributed by atoms with Crippen LogP contribution in [0.3, 0.4) is 0 Å². The first-order valence-electron chi connectivity index (χ1n) is 7.79. The van der Waals surface area contributed by atoms with E-state index in [-0.39, 0.29) is 0 Å². The fraction of sp³-hybridized carbons (Fsp3) is 0.562. The molecule has 114 valence electrons. The predicted molar refractivity (Wildman–Crippen MR) is 85.6 cm³/mol. The molecule has 1 aromatic heterocycles. The maximum Gasteiger partial charge on any atom is 0.184 e. The highest BCUT2D eigenvalue weighted by Crippen LogP contribution is 2.22. The van der Waals surface area contributed by atoms with Gasteiger partial charge in [0, 0.05) is 17.8 Å². The van der Waals surface area contributed by atoms with Gasteiger partial charge in [-0.3, -0.25) is 0 Å². The molecule has 0 aliphatic carbocycles. The quantitative estimate of drug-likeness (QED) is 0.595. The molecule has 2 N–H and O–H groups in total. The van der Waals surface area contributed by atoms with Crippen LogP contribution in [-0.2, 0) is 6.54 Å². The number of nitrogens with two attached hydrogens (primary N) is 1. The number of nitrogen functional groups attached to an aromatic ring is 1. The summed E-state index contributed by atoms with van der Waals surface area (Å²) >= 11 is 0. The summed E-state index contributed by atoms with van der Waals surface area (Å²) in [5.74, 6) is 1.56. The lowest BCUT2D eigenvalue weighted by Gasteiger charge is -2.07. The second-order valence-electron chi connectivity index (χ2n) is 5.91. The predicted octanol–water partition coefficient (Wildman–Crippen LogP) is 3.53. The zero-order valence-corrected chi connectivity index (χ0v) is 13.0. The molecule has 0 amide bonds. The van der Waals surface area contributed by atoms with Crippen LogP contribution in [-0.4, -0.2) is 20.2 Å². The van der Waals surface area contributed by atoms with Gasteiger partial charge >= 0.3 is 0 Å². The normalized spacial score (nSPS) is 11.2. The first-order valence-corrected chi connectivity index (χ1v) is 7.79. The Kier molecular flexibility index (Phi) is 5.72. The van der Waals surface area contributed by atoms with E-state index < -0.39 is 0 Å². The van der Waals surface area contributed by atoms with Crippen LogP contribution < -0.4 is 5.73 Å². The molecule has 2 aromatic rings. The highest BCUT2D eigenvalue weighted by atomic mass is 15.5. The summed E-state index contributed by atoms with van der Waals surface area (Å²) in [5.41, 5.74) is 7.61. The molecule has 5 heteroatoms. The van der Waals surface area contributed by atoms with Gasteiger partial charge in [-0.15, -0.1) is 5.10 Å². The molecule has 0 unspecified atom stereocenters. The fourth-order valence-electron chi connectivity index (χ4n) is 2.42. The van der Waals surface area contributed by atoms with Crippen molar-refractivity contribution < 1.29 is 0 Å². The molecule has 0 atom stereocenters. The Morgan fingerprint density at radius 2 is 1.86 bits per heavy atom. The number of unbranched alkanes of at least 4 members (excludes halogenated alkanes) is 3. The van der Waals surface area contributed by atoms with Crippen LogP contribution in [0.1, 0.15) is 46.0 Å². The van der Waals surface area contributed by atoms with Gasteiger partial charge in [-0.05, 0) is 34.9 Å². The Labute approximate surface area is 126 Å². The average molecular weight is 287 g/mol. The van der Waals surface area contributed by atoms with Gasteiger partial charge in [-0.25, -0.2) is 4.68 Å². The third-order valence-corrected chi connectivity index (χ3v) is 3.63. The van der Waals surface area contributed by atoms with Crippen LogP contribution in [0.2, 0.25) is 0 Å². The Hall–Kier alpha value is -1.91. The molecule has 0 spiro atoms. The highest BCUT2D eigenvalue weighted by molar-refractivity contribution is 5.70. The standard InChI is InChI=1S/C16H25N5/c1-13(2)9-5-3-4-8-12-21-16(18-19-20-21)14-10-6-7-11-15(14)17/h6-7,10-11,13H,3-5,8-9,12,17H2,1-2H3. The largest absolute Gasteiger partial charge is 0.398 e. The van der Waals surface area contributed by atoms with Crippen molar-refractivity contribution in [3.63, 3.8) is 0 Å². The number of tetrazole rings is 1. The molecule has 0 fully saturated rings. The number of anilines is 1.